The maximum absolute atomic E-state index is 12.0. The van der Waals surface area contributed by atoms with Crippen LogP contribution in [-0.4, -0.2) is 37.4 Å². The van der Waals surface area contributed by atoms with Crippen LogP contribution in [-0.2, 0) is 4.74 Å². The number of carbonyl (C=O) groups is 2. The van der Waals surface area contributed by atoms with E-state index >= 15 is 0 Å². The number of benzene rings is 2. The molecule has 0 aromatic heterocycles. The second kappa shape index (κ2) is 7.95. The van der Waals surface area contributed by atoms with Gasteiger partial charge in [-0.2, -0.15) is 0 Å². The average Bonchev–Trinajstić information content (AvgIpc) is 2.56. The first-order chi connectivity index (χ1) is 11.1. The van der Waals surface area contributed by atoms with Crippen molar-refractivity contribution in [3.8, 4) is 11.5 Å². The van der Waals surface area contributed by atoms with Gasteiger partial charge >= 0.3 is 11.9 Å². The van der Waals surface area contributed by atoms with Crippen molar-refractivity contribution >= 4 is 11.9 Å². The van der Waals surface area contributed by atoms with Gasteiger partial charge < -0.3 is 19.3 Å². The van der Waals surface area contributed by atoms with E-state index in [2.05, 4.69) is 0 Å². The molecule has 2 aromatic carbocycles. The number of carbonyl (C=O) groups excluding carboxylic acids is 1. The Labute approximate surface area is 133 Å². The number of ether oxygens (including phenoxy) is 3. The molecule has 0 spiro atoms. The molecule has 0 bridgehead atoms. The maximum Gasteiger partial charge on any atom is 0.343 e. The fourth-order valence-corrected chi connectivity index (χ4v) is 1.79. The largest absolute Gasteiger partial charge is 0.491 e. The molecule has 0 saturated heterocycles. The van der Waals surface area contributed by atoms with E-state index in [4.69, 9.17) is 19.3 Å². The topological polar surface area (TPSA) is 82.1 Å². The van der Waals surface area contributed by atoms with Crippen LogP contribution in [0.1, 0.15) is 20.7 Å². The molecule has 0 amide bonds. The van der Waals surface area contributed by atoms with Crippen molar-refractivity contribution in [2.75, 3.05) is 20.3 Å². The SMILES string of the molecule is COCCOc1ccc(C(=O)Oc2cccc(C(=O)O)c2)cc1. The predicted molar refractivity (Wildman–Crippen MR) is 82.2 cm³/mol. The fraction of sp³-hybridized carbons (Fsp3) is 0.176. The number of esters is 1. The van der Waals surface area contributed by atoms with E-state index in [0.29, 0.717) is 24.5 Å². The lowest BCUT2D eigenvalue weighted by molar-refractivity contribution is 0.0687. The van der Waals surface area contributed by atoms with Gasteiger partial charge in [0.2, 0.25) is 0 Å². The minimum absolute atomic E-state index is 0.0530. The smallest absolute Gasteiger partial charge is 0.343 e. The molecule has 0 radical (unpaired) electrons. The van der Waals surface area contributed by atoms with Gasteiger partial charge in [0, 0.05) is 7.11 Å². The summed E-state index contributed by atoms with van der Waals surface area (Å²) in [6.45, 7) is 0.895. The zero-order chi connectivity index (χ0) is 16.7. The number of rotatable bonds is 7. The number of hydrogen-bond acceptors (Lipinski definition) is 5. The van der Waals surface area contributed by atoms with E-state index in [1.54, 1.807) is 31.4 Å². The van der Waals surface area contributed by atoms with Crippen LogP contribution in [0, 0.1) is 0 Å². The highest BCUT2D eigenvalue weighted by molar-refractivity contribution is 5.92. The summed E-state index contributed by atoms with van der Waals surface area (Å²) in [5.41, 5.74) is 0.391. The minimum atomic E-state index is -1.08. The van der Waals surface area contributed by atoms with Crippen molar-refractivity contribution in [1.29, 1.82) is 0 Å². The van der Waals surface area contributed by atoms with Gasteiger partial charge in [-0.25, -0.2) is 9.59 Å². The van der Waals surface area contributed by atoms with Gasteiger partial charge in [-0.3, -0.25) is 0 Å². The first-order valence-corrected chi connectivity index (χ1v) is 6.87. The lowest BCUT2D eigenvalue weighted by Crippen LogP contribution is -2.09. The summed E-state index contributed by atoms with van der Waals surface area (Å²) < 4.78 is 15.4. The molecule has 0 aliphatic carbocycles. The van der Waals surface area contributed by atoms with Crippen molar-refractivity contribution in [1.82, 2.24) is 0 Å². The molecule has 1 N–H and O–H groups in total. The third kappa shape index (κ3) is 4.82. The van der Waals surface area contributed by atoms with Crippen LogP contribution >= 0.6 is 0 Å². The van der Waals surface area contributed by atoms with Gasteiger partial charge in [0.15, 0.2) is 0 Å². The van der Waals surface area contributed by atoms with Crippen molar-refractivity contribution in [3.63, 3.8) is 0 Å². The van der Waals surface area contributed by atoms with Gasteiger partial charge in [0.05, 0.1) is 17.7 Å². The average molecular weight is 316 g/mol. The summed E-state index contributed by atoms with van der Waals surface area (Å²) in [5, 5.41) is 8.92. The van der Waals surface area contributed by atoms with Crippen molar-refractivity contribution < 1.29 is 28.9 Å². The third-order valence-corrected chi connectivity index (χ3v) is 2.94. The Hall–Kier alpha value is -2.86. The summed E-state index contributed by atoms with van der Waals surface area (Å²) in [6.07, 6.45) is 0. The molecule has 0 fully saturated rings. The van der Waals surface area contributed by atoms with Crippen molar-refractivity contribution in [3.05, 3.63) is 59.7 Å². The summed E-state index contributed by atoms with van der Waals surface area (Å²) >= 11 is 0. The highest BCUT2D eigenvalue weighted by Gasteiger charge is 2.10. The van der Waals surface area contributed by atoms with Gasteiger partial charge in [-0.05, 0) is 42.5 Å². The first-order valence-electron chi connectivity index (χ1n) is 6.87. The Morgan fingerprint density at radius 1 is 0.957 bits per heavy atom. The molecular formula is C17H16O6. The molecule has 2 rings (SSSR count). The number of aromatic carboxylic acids is 1. The molecular weight excluding hydrogens is 300 g/mol. The Bertz CT molecular complexity index is 678. The quantitative estimate of drug-likeness (QED) is 0.480. The Kier molecular flexibility index (Phi) is 5.71. The maximum atomic E-state index is 12.0. The second-order valence-electron chi connectivity index (χ2n) is 4.59. The van der Waals surface area contributed by atoms with Crippen LogP contribution in [0.2, 0.25) is 0 Å². The van der Waals surface area contributed by atoms with Gasteiger partial charge in [-0.15, -0.1) is 0 Å². The van der Waals surface area contributed by atoms with Crippen LogP contribution in [0.5, 0.6) is 11.5 Å². The number of methoxy groups -OCH3 is 1. The second-order valence-corrected chi connectivity index (χ2v) is 4.59. The van der Waals surface area contributed by atoms with Crippen LogP contribution in [0.25, 0.3) is 0 Å². The Morgan fingerprint density at radius 2 is 1.70 bits per heavy atom. The lowest BCUT2D eigenvalue weighted by atomic mass is 10.2. The molecule has 0 atom stereocenters. The molecule has 0 aliphatic heterocycles. The summed E-state index contributed by atoms with van der Waals surface area (Å²) in [6, 6.07) is 12.2. The molecule has 0 saturated carbocycles. The molecule has 6 nitrogen and oxygen atoms in total. The van der Waals surface area contributed by atoms with E-state index in [9.17, 15) is 9.59 Å². The minimum Gasteiger partial charge on any atom is -0.491 e. The standard InChI is InChI=1S/C17H16O6/c1-21-9-10-22-14-7-5-12(6-8-14)17(20)23-15-4-2-3-13(11-15)16(18)19/h2-8,11H,9-10H2,1H3,(H,18,19). The molecule has 0 heterocycles. The Morgan fingerprint density at radius 3 is 2.35 bits per heavy atom. The van der Waals surface area contributed by atoms with Crippen molar-refractivity contribution in [2.45, 2.75) is 0 Å². The fourth-order valence-electron chi connectivity index (χ4n) is 1.79. The molecule has 23 heavy (non-hydrogen) atoms. The summed E-state index contributed by atoms with van der Waals surface area (Å²) in [7, 11) is 1.59. The monoisotopic (exact) mass is 316 g/mol. The van der Waals surface area contributed by atoms with Crippen LogP contribution in [0.3, 0.4) is 0 Å². The van der Waals surface area contributed by atoms with E-state index in [1.165, 1.54) is 24.3 Å². The number of carboxylic acids is 1. The molecule has 6 heteroatoms. The van der Waals surface area contributed by atoms with E-state index in [-0.39, 0.29) is 11.3 Å². The summed E-state index contributed by atoms with van der Waals surface area (Å²) in [4.78, 5) is 22.9. The zero-order valence-electron chi connectivity index (χ0n) is 12.5. The normalized spacial score (nSPS) is 10.1. The van der Waals surface area contributed by atoms with Crippen molar-refractivity contribution in [2.24, 2.45) is 0 Å². The van der Waals surface area contributed by atoms with E-state index in [0.717, 1.165) is 0 Å². The third-order valence-electron chi connectivity index (χ3n) is 2.94. The molecule has 2 aromatic rings. The first kappa shape index (κ1) is 16.5. The van der Waals surface area contributed by atoms with Gasteiger partial charge in [0.25, 0.3) is 0 Å². The predicted octanol–water partition coefficient (Wildman–Crippen LogP) is 2.63. The zero-order valence-corrected chi connectivity index (χ0v) is 12.5. The highest BCUT2D eigenvalue weighted by atomic mass is 16.5. The number of carboxylic acid groups (broad SMARTS) is 1. The van der Waals surface area contributed by atoms with E-state index in [1.807, 2.05) is 0 Å². The molecule has 0 unspecified atom stereocenters. The molecule has 0 aliphatic rings. The van der Waals surface area contributed by atoms with Gasteiger partial charge in [0.1, 0.15) is 18.1 Å². The van der Waals surface area contributed by atoms with E-state index < -0.39 is 11.9 Å². The number of hydrogen-bond donors (Lipinski definition) is 1. The van der Waals surface area contributed by atoms with Crippen LogP contribution in [0.4, 0.5) is 0 Å². The Balaban J connectivity index is 2.00. The lowest BCUT2D eigenvalue weighted by Gasteiger charge is -2.07. The highest BCUT2D eigenvalue weighted by Crippen LogP contribution is 2.17. The summed E-state index contributed by atoms with van der Waals surface area (Å²) in [5.74, 6) is -0.863. The molecule has 120 valence electrons. The van der Waals surface area contributed by atoms with Crippen LogP contribution < -0.4 is 9.47 Å². The van der Waals surface area contributed by atoms with Gasteiger partial charge in [-0.1, -0.05) is 6.07 Å². The van der Waals surface area contributed by atoms with Crippen LogP contribution in [0.15, 0.2) is 48.5 Å².